The fourth-order valence-corrected chi connectivity index (χ4v) is 6.07. The average Bonchev–Trinajstić information content (AvgIpc) is 2.91. The highest BCUT2D eigenvalue weighted by Gasteiger charge is 2.28. The highest BCUT2D eigenvalue weighted by atomic mass is 32.2. The Morgan fingerprint density at radius 3 is 2.13 bits per heavy atom. The van der Waals surface area contributed by atoms with Gasteiger partial charge in [-0.3, -0.25) is 4.90 Å². The molecule has 0 spiro atoms. The Kier molecular flexibility index (Phi) is 8.60. The largest absolute Gasteiger partial charge is 0.495 e. The molecule has 4 rings (SSSR count). The fourth-order valence-electron chi connectivity index (χ4n) is 4.80. The Balaban J connectivity index is 1.56. The van der Waals surface area contributed by atoms with Crippen LogP contribution in [0.1, 0.15) is 22.7 Å². The van der Waals surface area contributed by atoms with Gasteiger partial charge >= 0.3 is 0 Å². The number of rotatable bonds is 9. The van der Waals surface area contributed by atoms with Crippen molar-refractivity contribution in [3.05, 3.63) is 83.2 Å². The van der Waals surface area contributed by atoms with Gasteiger partial charge in [0.2, 0.25) is 10.0 Å². The van der Waals surface area contributed by atoms with E-state index in [0.717, 1.165) is 54.2 Å². The molecule has 3 aromatic rings. The molecule has 0 bridgehead atoms. The van der Waals surface area contributed by atoms with E-state index in [0.29, 0.717) is 5.75 Å². The van der Waals surface area contributed by atoms with Gasteiger partial charge in [-0.1, -0.05) is 12.1 Å². The third-order valence-corrected chi connectivity index (χ3v) is 8.72. The average molecular weight is 541 g/mol. The molecule has 1 atom stereocenters. The highest BCUT2D eigenvalue weighted by molar-refractivity contribution is 7.89. The first-order chi connectivity index (χ1) is 18.1. The number of sulfonamides is 1. The summed E-state index contributed by atoms with van der Waals surface area (Å²) < 4.78 is 48.6. The molecule has 0 amide bonds. The number of benzene rings is 3. The zero-order valence-corrected chi connectivity index (χ0v) is 23.6. The molecule has 1 unspecified atom stereocenters. The van der Waals surface area contributed by atoms with Gasteiger partial charge < -0.3 is 14.5 Å². The summed E-state index contributed by atoms with van der Waals surface area (Å²) in [6.07, 6.45) is 0. The summed E-state index contributed by atoms with van der Waals surface area (Å²) in [5.41, 5.74) is 4.97. The third kappa shape index (κ3) is 6.28. The molecule has 1 aliphatic rings. The fraction of sp³-hybridized carbons (Fsp3) is 0.379. The van der Waals surface area contributed by atoms with Crippen LogP contribution in [0.5, 0.6) is 5.75 Å². The van der Waals surface area contributed by atoms with Crippen molar-refractivity contribution in [2.45, 2.75) is 24.8 Å². The quantitative estimate of drug-likeness (QED) is 0.435. The van der Waals surface area contributed by atoms with E-state index >= 15 is 0 Å². The second-order valence-electron chi connectivity index (χ2n) is 9.94. The van der Waals surface area contributed by atoms with Crippen LogP contribution in [0, 0.1) is 19.7 Å². The number of halogens is 1. The molecule has 1 N–H and O–H groups in total. The molecule has 0 aliphatic carbocycles. The van der Waals surface area contributed by atoms with Gasteiger partial charge in [-0.15, -0.1) is 0 Å². The molecule has 0 saturated carbocycles. The molecule has 38 heavy (non-hydrogen) atoms. The topological polar surface area (TPSA) is 65.1 Å². The van der Waals surface area contributed by atoms with Crippen LogP contribution in [0.3, 0.4) is 0 Å². The summed E-state index contributed by atoms with van der Waals surface area (Å²) in [7, 11) is 1.65. The van der Waals surface area contributed by atoms with E-state index in [1.807, 2.05) is 32.8 Å². The van der Waals surface area contributed by atoms with E-state index in [2.05, 4.69) is 38.8 Å². The van der Waals surface area contributed by atoms with Crippen molar-refractivity contribution in [1.29, 1.82) is 0 Å². The number of hydrogen-bond donors (Lipinski definition) is 1. The van der Waals surface area contributed by atoms with Gasteiger partial charge in [0.1, 0.15) is 16.5 Å². The zero-order chi connectivity index (χ0) is 27.4. The van der Waals surface area contributed by atoms with Crippen LogP contribution < -0.4 is 19.3 Å². The molecular weight excluding hydrogens is 503 g/mol. The molecule has 0 radical (unpaired) electrons. The number of methoxy groups -OCH3 is 1. The lowest BCUT2D eigenvalue weighted by molar-refractivity contribution is 0.187. The van der Waals surface area contributed by atoms with Crippen LogP contribution in [0.25, 0.3) is 0 Å². The Morgan fingerprint density at radius 1 is 0.947 bits per heavy atom. The molecule has 7 nitrogen and oxygen atoms in total. The Labute approximate surface area is 225 Å². The first-order valence-corrected chi connectivity index (χ1v) is 14.2. The molecule has 1 aliphatic heterocycles. The van der Waals surface area contributed by atoms with Crippen molar-refractivity contribution >= 4 is 21.4 Å². The lowest BCUT2D eigenvalue weighted by atomic mass is 10.0. The van der Waals surface area contributed by atoms with Crippen LogP contribution >= 0.6 is 0 Å². The number of nitrogens with one attached hydrogen (secondary N) is 1. The predicted octanol–water partition coefficient (Wildman–Crippen LogP) is 4.36. The van der Waals surface area contributed by atoms with Crippen LogP contribution in [0.2, 0.25) is 0 Å². The standard InChI is InChI=1S/C29H37FN4O3S/c1-21-18-28(37-5)29(19-22(21)2)38(35,36)31-20-27(23-6-10-25(11-7-23)32(3)4)34-16-14-33(15-17-34)26-12-8-24(30)9-13-26/h6-13,18-19,27,31H,14-17,20H2,1-5H3. The van der Waals surface area contributed by atoms with Crippen molar-refractivity contribution in [3.8, 4) is 5.75 Å². The summed E-state index contributed by atoms with van der Waals surface area (Å²) in [5.74, 6) is 0.0849. The number of hydrogen-bond acceptors (Lipinski definition) is 6. The molecule has 1 heterocycles. The highest BCUT2D eigenvalue weighted by Crippen LogP contribution is 2.29. The molecule has 0 aromatic heterocycles. The Hall–Kier alpha value is -3.14. The Bertz CT molecular complexity index is 1340. The first-order valence-electron chi connectivity index (χ1n) is 12.8. The van der Waals surface area contributed by atoms with Gasteiger partial charge in [-0.05, 0) is 79.1 Å². The number of piperazine rings is 1. The van der Waals surface area contributed by atoms with Crippen LogP contribution in [-0.4, -0.2) is 67.2 Å². The van der Waals surface area contributed by atoms with Crippen molar-refractivity contribution in [2.75, 3.05) is 63.7 Å². The zero-order valence-electron chi connectivity index (χ0n) is 22.7. The number of ether oxygens (including phenoxy) is 1. The molecule has 9 heteroatoms. The number of aryl methyl sites for hydroxylation is 2. The lowest BCUT2D eigenvalue weighted by Gasteiger charge is -2.40. The van der Waals surface area contributed by atoms with Gasteiger partial charge in [-0.25, -0.2) is 17.5 Å². The normalized spacial score (nSPS) is 15.4. The maximum atomic E-state index is 13.4. The second-order valence-corrected chi connectivity index (χ2v) is 11.7. The summed E-state index contributed by atoms with van der Waals surface area (Å²) in [5, 5.41) is 0. The van der Waals surface area contributed by atoms with Crippen LogP contribution in [0.4, 0.5) is 15.8 Å². The maximum absolute atomic E-state index is 13.4. The smallest absolute Gasteiger partial charge is 0.244 e. The van der Waals surface area contributed by atoms with Crippen molar-refractivity contribution in [2.24, 2.45) is 0 Å². The monoisotopic (exact) mass is 540 g/mol. The first kappa shape index (κ1) is 27.9. The predicted molar refractivity (Wildman–Crippen MR) is 151 cm³/mol. The number of nitrogens with zero attached hydrogens (tertiary/aromatic N) is 3. The summed E-state index contributed by atoms with van der Waals surface area (Å²) in [4.78, 5) is 6.72. The molecule has 1 fully saturated rings. The van der Waals surface area contributed by atoms with E-state index in [1.165, 1.54) is 19.2 Å². The summed E-state index contributed by atoms with van der Waals surface area (Å²) in [6.45, 7) is 7.05. The maximum Gasteiger partial charge on any atom is 0.244 e. The molecule has 3 aromatic carbocycles. The van der Waals surface area contributed by atoms with Gasteiger partial charge in [0.05, 0.1) is 7.11 Å². The van der Waals surface area contributed by atoms with Crippen molar-refractivity contribution in [1.82, 2.24) is 9.62 Å². The van der Waals surface area contributed by atoms with E-state index in [1.54, 1.807) is 24.3 Å². The molecule has 204 valence electrons. The van der Waals surface area contributed by atoms with E-state index in [9.17, 15) is 12.8 Å². The molecule has 1 saturated heterocycles. The lowest BCUT2D eigenvalue weighted by Crippen LogP contribution is -2.50. The third-order valence-electron chi connectivity index (χ3n) is 7.28. The van der Waals surface area contributed by atoms with Crippen LogP contribution in [0.15, 0.2) is 65.6 Å². The Morgan fingerprint density at radius 2 is 1.55 bits per heavy atom. The SMILES string of the molecule is COc1cc(C)c(C)cc1S(=O)(=O)NCC(c1ccc(N(C)C)cc1)N1CCN(c2ccc(F)cc2)CC1. The summed E-state index contributed by atoms with van der Waals surface area (Å²) in [6, 6.07) is 18.1. The minimum atomic E-state index is -3.82. The minimum Gasteiger partial charge on any atom is -0.495 e. The van der Waals surface area contributed by atoms with E-state index in [-0.39, 0.29) is 23.3 Å². The van der Waals surface area contributed by atoms with E-state index in [4.69, 9.17) is 4.74 Å². The second kappa shape index (κ2) is 11.7. The van der Waals surface area contributed by atoms with Gasteiger partial charge in [0.15, 0.2) is 0 Å². The van der Waals surface area contributed by atoms with Crippen molar-refractivity contribution in [3.63, 3.8) is 0 Å². The van der Waals surface area contributed by atoms with Gasteiger partial charge in [0.25, 0.3) is 0 Å². The van der Waals surface area contributed by atoms with E-state index < -0.39 is 10.0 Å². The summed E-state index contributed by atoms with van der Waals surface area (Å²) >= 11 is 0. The van der Waals surface area contributed by atoms with Gasteiger partial charge in [-0.2, -0.15) is 0 Å². The van der Waals surface area contributed by atoms with Gasteiger partial charge in [0, 0.05) is 64.2 Å². The minimum absolute atomic E-state index is 0.144. The molecular formula is C29H37FN4O3S. The van der Waals surface area contributed by atoms with Crippen LogP contribution in [-0.2, 0) is 10.0 Å². The van der Waals surface area contributed by atoms with Crippen molar-refractivity contribution < 1.29 is 17.5 Å². The number of anilines is 2.